The lowest BCUT2D eigenvalue weighted by Crippen LogP contribution is -1.85. The van der Waals surface area contributed by atoms with Gasteiger partial charge in [-0.05, 0) is 36.8 Å². The first-order chi connectivity index (χ1) is 5.74. The summed E-state index contributed by atoms with van der Waals surface area (Å²) in [5.41, 5.74) is 4.80. The summed E-state index contributed by atoms with van der Waals surface area (Å²) in [5.74, 6) is 0. The van der Waals surface area contributed by atoms with Crippen LogP contribution in [0, 0.1) is 0 Å². The molecule has 0 heterocycles. The first-order valence-corrected chi connectivity index (χ1v) is 4.25. The van der Waals surface area contributed by atoms with Gasteiger partial charge in [0.1, 0.15) is 6.29 Å². The molecule has 0 aromatic heterocycles. The van der Waals surface area contributed by atoms with Crippen molar-refractivity contribution in [1.29, 1.82) is 0 Å². The van der Waals surface area contributed by atoms with Crippen molar-refractivity contribution in [2.24, 2.45) is 0 Å². The normalized spacial score (nSPS) is 8.75. The van der Waals surface area contributed by atoms with Crippen molar-refractivity contribution in [1.82, 2.24) is 0 Å². The lowest BCUT2D eigenvalue weighted by atomic mass is 10.1. The lowest BCUT2D eigenvalue weighted by Gasteiger charge is -2.00. The van der Waals surface area contributed by atoms with Crippen LogP contribution in [0.25, 0.3) is 0 Å². The van der Waals surface area contributed by atoms with E-state index in [1.54, 1.807) is 0 Å². The van der Waals surface area contributed by atoms with Crippen LogP contribution >= 0.6 is 0 Å². The molecular formula is C11H16O. The topological polar surface area (TPSA) is 17.1 Å². The quantitative estimate of drug-likeness (QED) is 0.335. The van der Waals surface area contributed by atoms with Crippen LogP contribution in [-0.2, 0) is 4.79 Å². The highest BCUT2D eigenvalue weighted by Crippen LogP contribution is 2.11. The Labute approximate surface area is 74.5 Å². The molecule has 0 rings (SSSR count). The second-order valence-electron chi connectivity index (χ2n) is 2.76. The zero-order chi connectivity index (χ0) is 9.40. The van der Waals surface area contributed by atoms with Gasteiger partial charge in [0.2, 0.25) is 0 Å². The summed E-state index contributed by atoms with van der Waals surface area (Å²) in [7, 11) is 0. The van der Waals surface area contributed by atoms with Crippen LogP contribution < -0.4 is 0 Å². The van der Waals surface area contributed by atoms with Gasteiger partial charge in [0.05, 0.1) is 0 Å². The number of rotatable bonds is 6. The summed E-state index contributed by atoms with van der Waals surface area (Å²) in [6, 6.07) is 0. The number of allylic oxidation sites excluding steroid dienone is 2. The Morgan fingerprint density at radius 2 is 2.17 bits per heavy atom. The van der Waals surface area contributed by atoms with Gasteiger partial charge in [0, 0.05) is 0 Å². The van der Waals surface area contributed by atoms with Crippen molar-refractivity contribution in [3.8, 4) is 0 Å². The molecule has 0 fully saturated rings. The molecule has 0 spiro atoms. The van der Waals surface area contributed by atoms with Gasteiger partial charge in [-0.2, -0.15) is 0 Å². The molecule has 66 valence electrons. The third kappa shape index (κ3) is 4.70. The predicted octanol–water partition coefficient (Wildman–Crippen LogP) is 3.03. The molecule has 0 unspecified atom stereocenters. The van der Waals surface area contributed by atoms with Crippen LogP contribution in [0.15, 0.2) is 30.0 Å². The molecule has 0 saturated carbocycles. The van der Waals surface area contributed by atoms with Crippen molar-refractivity contribution in [2.75, 3.05) is 0 Å². The predicted molar refractivity (Wildman–Crippen MR) is 52.0 cm³/mol. The van der Waals surface area contributed by atoms with E-state index in [-0.39, 0.29) is 0 Å². The summed E-state index contributed by atoms with van der Waals surface area (Å²) >= 11 is 0. The van der Waals surface area contributed by atoms with Gasteiger partial charge in [0.15, 0.2) is 0 Å². The average Bonchev–Trinajstić information content (AvgIpc) is 2.12. The number of carbonyl (C=O) groups excluding carboxylic acids is 1. The Balaban J connectivity index is 3.62. The van der Waals surface area contributed by atoms with Gasteiger partial charge < -0.3 is 0 Å². The Bertz CT molecular complexity index is 207. The molecule has 1 nitrogen and oxygen atoms in total. The fourth-order valence-electron chi connectivity index (χ4n) is 0.978. The maximum absolute atomic E-state index is 10.2. The highest BCUT2D eigenvalue weighted by molar-refractivity contribution is 5.71. The fraction of sp³-hybridized carbons (Fsp3) is 0.455. The van der Waals surface area contributed by atoms with Gasteiger partial charge in [-0.3, -0.25) is 4.79 Å². The molecule has 1 heteroatoms. The summed E-state index contributed by atoms with van der Waals surface area (Å²) in [4.78, 5) is 10.2. The van der Waals surface area contributed by atoms with E-state index in [0.29, 0.717) is 5.57 Å². The van der Waals surface area contributed by atoms with E-state index in [9.17, 15) is 4.79 Å². The summed E-state index contributed by atoms with van der Waals surface area (Å²) in [5, 5.41) is 0. The standard InChI is InChI=1S/C11H16O/c1-4-11(5-2)8-6-7-10(3)9-12/h9H,1,3,5-8H2,2H3. The largest absolute Gasteiger partial charge is 0.298 e. The molecule has 0 aromatic rings. The molecule has 0 atom stereocenters. The van der Waals surface area contributed by atoms with Crippen LogP contribution in [0.1, 0.15) is 32.6 Å². The molecule has 12 heavy (non-hydrogen) atoms. The maximum atomic E-state index is 10.2. The monoisotopic (exact) mass is 164 g/mol. The Morgan fingerprint density at radius 1 is 1.50 bits per heavy atom. The van der Waals surface area contributed by atoms with E-state index in [2.05, 4.69) is 25.8 Å². The van der Waals surface area contributed by atoms with E-state index in [4.69, 9.17) is 0 Å². The van der Waals surface area contributed by atoms with E-state index < -0.39 is 0 Å². The Kier molecular flexibility index (Phi) is 6.04. The van der Waals surface area contributed by atoms with E-state index >= 15 is 0 Å². The molecule has 0 amide bonds. The van der Waals surface area contributed by atoms with Crippen LogP contribution in [0.3, 0.4) is 0 Å². The summed E-state index contributed by atoms with van der Waals surface area (Å²) in [6.07, 6.45) is 4.56. The number of hydrogen-bond donors (Lipinski definition) is 0. The lowest BCUT2D eigenvalue weighted by molar-refractivity contribution is -0.105. The maximum Gasteiger partial charge on any atom is 0.145 e. The smallest absolute Gasteiger partial charge is 0.145 e. The Hall–Kier alpha value is -1.07. The minimum Gasteiger partial charge on any atom is -0.298 e. The summed E-state index contributed by atoms with van der Waals surface area (Å²) in [6.45, 7) is 9.29. The molecule has 0 radical (unpaired) electrons. The minimum absolute atomic E-state index is 0.675. The second-order valence-corrected chi connectivity index (χ2v) is 2.76. The van der Waals surface area contributed by atoms with Crippen LogP contribution in [0.5, 0.6) is 0 Å². The van der Waals surface area contributed by atoms with Crippen LogP contribution in [0.2, 0.25) is 0 Å². The molecule has 0 N–H and O–H groups in total. The first kappa shape index (κ1) is 10.9. The molecular weight excluding hydrogens is 148 g/mol. The van der Waals surface area contributed by atoms with Gasteiger partial charge in [0.25, 0.3) is 0 Å². The van der Waals surface area contributed by atoms with Crippen molar-refractivity contribution >= 4 is 6.29 Å². The second kappa shape index (κ2) is 6.63. The highest BCUT2D eigenvalue weighted by Gasteiger charge is 1.95. The van der Waals surface area contributed by atoms with Crippen molar-refractivity contribution in [3.63, 3.8) is 0 Å². The van der Waals surface area contributed by atoms with E-state index in [1.807, 2.05) is 0 Å². The van der Waals surface area contributed by atoms with Gasteiger partial charge >= 0.3 is 0 Å². The SMILES string of the molecule is C=C=C(CC)CCCC(=C)C=O. The molecule has 0 aliphatic rings. The van der Waals surface area contributed by atoms with Gasteiger partial charge in [-0.1, -0.05) is 20.1 Å². The fourth-order valence-corrected chi connectivity index (χ4v) is 0.978. The van der Waals surface area contributed by atoms with Gasteiger partial charge in [-0.25, -0.2) is 0 Å². The first-order valence-electron chi connectivity index (χ1n) is 4.25. The van der Waals surface area contributed by atoms with Crippen LogP contribution in [0.4, 0.5) is 0 Å². The van der Waals surface area contributed by atoms with Crippen molar-refractivity contribution in [2.45, 2.75) is 32.6 Å². The Morgan fingerprint density at radius 3 is 2.58 bits per heavy atom. The number of carbonyl (C=O) groups is 1. The van der Waals surface area contributed by atoms with Crippen molar-refractivity contribution in [3.05, 3.63) is 30.0 Å². The molecule has 0 saturated heterocycles. The summed E-state index contributed by atoms with van der Waals surface area (Å²) < 4.78 is 0. The molecule has 0 aromatic carbocycles. The van der Waals surface area contributed by atoms with Crippen LogP contribution in [-0.4, -0.2) is 6.29 Å². The molecule has 0 aliphatic carbocycles. The zero-order valence-corrected chi connectivity index (χ0v) is 7.73. The third-order valence-electron chi connectivity index (χ3n) is 1.82. The molecule has 0 aliphatic heterocycles. The van der Waals surface area contributed by atoms with E-state index in [1.165, 1.54) is 5.57 Å². The highest BCUT2D eigenvalue weighted by atomic mass is 16.1. The minimum atomic E-state index is 0.675. The van der Waals surface area contributed by atoms with Gasteiger partial charge in [-0.15, -0.1) is 5.73 Å². The number of aldehydes is 1. The number of hydrogen-bond acceptors (Lipinski definition) is 1. The zero-order valence-electron chi connectivity index (χ0n) is 7.73. The van der Waals surface area contributed by atoms with Crippen molar-refractivity contribution < 1.29 is 4.79 Å². The third-order valence-corrected chi connectivity index (χ3v) is 1.82. The average molecular weight is 164 g/mol. The van der Waals surface area contributed by atoms with E-state index in [0.717, 1.165) is 32.0 Å². The molecule has 0 bridgehead atoms.